The highest BCUT2D eigenvalue weighted by molar-refractivity contribution is 4.81. The van der Waals surface area contributed by atoms with Crippen molar-refractivity contribution in [3.63, 3.8) is 0 Å². The van der Waals surface area contributed by atoms with Crippen LogP contribution in [0.2, 0.25) is 0 Å². The van der Waals surface area contributed by atoms with Crippen LogP contribution >= 0.6 is 0 Å². The monoisotopic (exact) mass is 184 g/mol. The smallest absolute Gasteiger partial charge is 0.00976 e. The van der Waals surface area contributed by atoms with E-state index in [1.807, 2.05) is 0 Å². The Morgan fingerprint density at radius 1 is 1.31 bits per heavy atom. The maximum absolute atomic E-state index is 6.13. The molecule has 78 valence electrons. The van der Waals surface area contributed by atoms with Crippen molar-refractivity contribution in [1.29, 1.82) is 0 Å². The Morgan fingerprint density at radius 3 is 2.31 bits per heavy atom. The zero-order chi connectivity index (χ0) is 9.90. The molecule has 1 aliphatic rings. The van der Waals surface area contributed by atoms with E-state index in [1.54, 1.807) is 0 Å². The molecule has 2 nitrogen and oxygen atoms in total. The summed E-state index contributed by atoms with van der Waals surface area (Å²) in [6.07, 6.45) is 7.58. The molecule has 1 fully saturated rings. The highest BCUT2D eigenvalue weighted by atomic mass is 14.7. The van der Waals surface area contributed by atoms with Gasteiger partial charge in [0, 0.05) is 11.6 Å². The van der Waals surface area contributed by atoms with Crippen molar-refractivity contribution >= 4 is 0 Å². The minimum Gasteiger partial charge on any atom is -0.327 e. The molecule has 0 amide bonds. The number of rotatable bonds is 4. The molecule has 0 aromatic carbocycles. The van der Waals surface area contributed by atoms with E-state index >= 15 is 0 Å². The van der Waals surface area contributed by atoms with Crippen LogP contribution in [0.15, 0.2) is 0 Å². The van der Waals surface area contributed by atoms with Crippen molar-refractivity contribution < 1.29 is 0 Å². The standard InChI is InChI=1S/C11H24N2/c1-11(2,13)8-7-10(12)9-5-3-4-6-9/h9-10H,3-8,12-13H2,1-2H3. The fraction of sp³-hybridized carbons (Fsp3) is 1.00. The molecule has 0 aliphatic heterocycles. The van der Waals surface area contributed by atoms with Crippen LogP contribution in [0, 0.1) is 5.92 Å². The topological polar surface area (TPSA) is 52.0 Å². The minimum atomic E-state index is -0.0454. The largest absolute Gasteiger partial charge is 0.327 e. The van der Waals surface area contributed by atoms with Crippen molar-refractivity contribution in [2.45, 2.75) is 64.0 Å². The molecule has 0 spiro atoms. The van der Waals surface area contributed by atoms with Crippen LogP contribution in [0.3, 0.4) is 0 Å². The van der Waals surface area contributed by atoms with Crippen molar-refractivity contribution in [2.75, 3.05) is 0 Å². The lowest BCUT2D eigenvalue weighted by atomic mass is 9.90. The molecule has 0 heterocycles. The third-order valence-corrected chi connectivity index (χ3v) is 3.13. The number of hydrogen-bond acceptors (Lipinski definition) is 2. The Balaban J connectivity index is 2.20. The molecule has 0 radical (unpaired) electrons. The zero-order valence-electron chi connectivity index (χ0n) is 9.05. The summed E-state index contributed by atoms with van der Waals surface area (Å²) in [6, 6.07) is 0.394. The Hall–Kier alpha value is -0.0800. The van der Waals surface area contributed by atoms with Gasteiger partial charge in [0.25, 0.3) is 0 Å². The van der Waals surface area contributed by atoms with E-state index in [-0.39, 0.29) is 5.54 Å². The van der Waals surface area contributed by atoms with Crippen molar-refractivity contribution in [3.05, 3.63) is 0 Å². The minimum absolute atomic E-state index is 0.0454. The molecular formula is C11H24N2. The molecule has 1 rings (SSSR count). The molecule has 0 bridgehead atoms. The highest BCUT2D eigenvalue weighted by Crippen LogP contribution is 2.29. The second-order valence-electron chi connectivity index (χ2n) is 5.24. The normalized spacial score (nSPS) is 22.2. The molecule has 13 heavy (non-hydrogen) atoms. The van der Waals surface area contributed by atoms with Gasteiger partial charge < -0.3 is 11.5 Å². The molecular weight excluding hydrogens is 160 g/mol. The quantitative estimate of drug-likeness (QED) is 0.702. The van der Waals surface area contributed by atoms with Gasteiger partial charge in [0.1, 0.15) is 0 Å². The van der Waals surface area contributed by atoms with Crippen LogP contribution in [-0.2, 0) is 0 Å². The molecule has 1 aliphatic carbocycles. The van der Waals surface area contributed by atoms with Gasteiger partial charge in [-0.2, -0.15) is 0 Å². The van der Waals surface area contributed by atoms with E-state index in [9.17, 15) is 0 Å². The van der Waals surface area contributed by atoms with Crippen LogP contribution in [-0.4, -0.2) is 11.6 Å². The van der Waals surface area contributed by atoms with Gasteiger partial charge in [0.2, 0.25) is 0 Å². The van der Waals surface area contributed by atoms with Gasteiger partial charge in [-0.3, -0.25) is 0 Å². The fourth-order valence-corrected chi connectivity index (χ4v) is 2.16. The predicted molar refractivity (Wildman–Crippen MR) is 57.4 cm³/mol. The maximum atomic E-state index is 6.13. The Bertz CT molecular complexity index is 143. The van der Waals surface area contributed by atoms with E-state index < -0.39 is 0 Å². The Kier molecular flexibility index (Phi) is 3.74. The van der Waals surface area contributed by atoms with Gasteiger partial charge in [-0.25, -0.2) is 0 Å². The van der Waals surface area contributed by atoms with Gasteiger partial charge in [-0.15, -0.1) is 0 Å². The first-order valence-corrected chi connectivity index (χ1v) is 5.53. The number of nitrogens with two attached hydrogens (primary N) is 2. The molecule has 0 aromatic heterocycles. The second kappa shape index (κ2) is 4.43. The van der Waals surface area contributed by atoms with Crippen LogP contribution in [0.5, 0.6) is 0 Å². The van der Waals surface area contributed by atoms with Gasteiger partial charge in [-0.05, 0) is 45.4 Å². The van der Waals surface area contributed by atoms with E-state index in [0.29, 0.717) is 6.04 Å². The Labute approximate surface area is 82.1 Å². The van der Waals surface area contributed by atoms with E-state index in [1.165, 1.54) is 25.7 Å². The third-order valence-electron chi connectivity index (χ3n) is 3.13. The van der Waals surface area contributed by atoms with E-state index in [2.05, 4.69) is 13.8 Å². The fourth-order valence-electron chi connectivity index (χ4n) is 2.16. The van der Waals surface area contributed by atoms with Crippen LogP contribution in [0.1, 0.15) is 52.4 Å². The first-order chi connectivity index (χ1) is 5.99. The van der Waals surface area contributed by atoms with Gasteiger partial charge in [-0.1, -0.05) is 12.8 Å². The second-order valence-corrected chi connectivity index (χ2v) is 5.24. The van der Waals surface area contributed by atoms with Gasteiger partial charge in [0.05, 0.1) is 0 Å². The van der Waals surface area contributed by atoms with Crippen LogP contribution in [0.4, 0.5) is 0 Å². The van der Waals surface area contributed by atoms with Crippen molar-refractivity contribution in [1.82, 2.24) is 0 Å². The van der Waals surface area contributed by atoms with Crippen LogP contribution in [0.25, 0.3) is 0 Å². The molecule has 0 aromatic rings. The zero-order valence-corrected chi connectivity index (χ0v) is 9.05. The summed E-state index contributed by atoms with van der Waals surface area (Å²) in [7, 11) is 0. The summed E-state index contributed by atoms with van der Waals surface area (Å²) in [5.74, 6) is 0.780. The lowest BCUT2D eigenvalue weighted by Gasteiger charge is -2.24. The molecule has 1 atom stereocenters. The van der Waals surface area contributed by atoms with Gasteiger partial charge in [0.15, 0.2) is 0 Å². The highest BCUT2D eigenvalue weighted by Gasteiger charge is 2.23. The molecule has 1 saturated carbocycles. The summed E-state index contributed by atoms with van der Waals surface area (Å²) in [5.41, 5.74) is 12.0. The lowest BCUT2D eigenvalue weighted by Crippen LogP contribution is -2.36. The third kappa shape index (κ3) is 4.10. The van der Waals surface area contributed by atoms with Crippen molar-refractivity contribution in [2.24, 2.45) is 17.4 Å². The average molecular weight is 184 g/mol. The van der Waals surface area contributed by atoms with E-state index in [0.717, 1.165) is 18.8 Å². The Morgan fingerprint density at radius 2 is 1.85 bits per heavy atom. The predicted octanol–water partition coefficient (Wildman–Crippen LogP) is 2.02. The summed E-state index contributed by atoms with van der Waals surface area (Å²) >= 11 is 0. The molecule has 0 saturated heterocycles. The maximum Gasteiger partial charge on any atom is 0.00976 e. The summed E-state index contributed by atoms with van der Waals surface area (Å²) in [4.78, 5) is 0. The number of hydrogen-bond donors (Lipinski definition) is 2. The lowest BCUT2D eigenvalue weighted by molar-refractivity contribution is 0.358. The van der Waals surface area contributed by atoms with E-state index in [4.69, 9.17) is 11.5 Å². The van der Waals surface area contributed by atoms with Crippen LogP contribution < -0.4 is 11.5 Å². The average Bonchev–Trinajstić information content (AvgIpc) is 2.50. The summed E-state index contributed by atoms with van der Waals surface area (Å²) in [5, 5.41) is 0. The first kappa shape index (κ1) is 11.0. The van der Waals surface area contributed by atoms with Crippen molar-refractivity contribution in [3.8, 4) is 0 Å². The summed E-state index contributed by atoms with van der Waals surface area (Å²) < 4.78 is 0. The van der Waals surface area contributed by atoms with Gasteiger partial charge >= 0.3 is 0 Å². The molecule has 2 heteroatoms. The molecule has 1 unspecified atom stereocenters. The molecule has 4 N–H and O–H groups in total. The summed E-state index contributed by atoms with van der Waals surface area (Å²) in [6.45, 7) is 4.16. The first-order valence-electron chi connectivity index (χ1n) is 5.53. The SMILES string of the molecule is CC(C)(N)CCC(N)C1CCCC1.